The van der Waals surface area contributed by atoms with Crippen LogP contribution in [0.4, 0.5) is 11.4 Å². The average Bonchev–Trinajstić information content (AvgIpc) is 2.74. The van der Waals surface area contributed by atoms with Crippen LogP contribution in [0.3, 0.4) is 0 Å². The van der Waals surface area contributed by atoms with Crippen LogP contribution in [0, 0.1) is 6.92 Å². The van der Waals surface area contributed by atoms with Crippen LogP contribution in [-0.2, 0) is 0 Å². The molecule has 158 valence electrons. The van der Waals surface area contributed by atoms with Gasteiger partial charge in [-0.15, -0.1) is 0 Å². The minimum atomic E-state index is -0.356. The number of halogens is 1. The molecule has 0 spiro atoms. The summed E-state index contributed by atoms with van der Waals surface area (Å²) in [5.41, 5.74) is 2.90. The van der Waals surface area contributed by atoms with Gasteiger partial charge in [0.2, 0.25) is 0 Å². The fourth-order valence-corrected chi connectivity index (χ4v) is 3.26. The number of hydrogen-bond donors (Lipinski definition) is 3. The number of amides is 2. The first-order valence-corrected chi connectivity index (χ1v) is 10.1. The average molecular weight is 454 g/mol. The van der Waals surface area contributed by atoms with Crippen molar-refractivity contribution in [3.05, 3.63) is 88.4 Å². The molecule has 3 aromatic rings. The van der Waals surface area contributed by atoms with Crippen molar-refractivity contribution in [2.45, 2.75) is 6.92 Å². The van der Waals surface area contributed by atoms with Gasteiger partial charge in [0.25, 0.3) is 11.8 Å². The Bertz CT molecular complexity index is 1150. The first kappa shape index (κ1) is 22.3. The van der Waals surface area contributed by atoms with Gasteiger partial charge < -0.3 is 15.4 Å². The molecule has 0 unspecified atom stereocenters. The molecule has 3 rings (SSSR count). The van der Waals surface area contributed by atoms with Crippen LogP contribution in [0.15, 0.2) is 66.7 Å². The number of carbonyl (C=O) groups is 2. The lowest BCUT2D eigenvalue weighted by Crippen LogP contribution is -2.34. The Labute approximate surface area is 190 Å². The lowest BCUT2D eigenvalue weighted by atomic mass is 10.1. The summed E-state index contributed by atoms with van der Waals surface area (Å²) in [4.78, 5) is 24.8. The van der Waals surface area contributed by atoms with Crippen LogP contribution in [0.2, 0.25) is 5.02 Å². The minimum absolute atomic E-state index is 0.140. The van der Waals surface area contributed by atoms with Crippen molar-refractivity contribution in [1.82, 2.24) is 5.32 Å². The summed E-state index contributed by atoms with van der Waals surface area (Å²) in [6.07, 6.45) is 0. The molecule has 31 heavy (non-hydrogen) atoms. The molecule has 0 heterocycles. The second-order valence-corrected chi connectivity index (χ2v) is 7.44. The molecular formula is C23H20ClN3O3S. The number of nitrogens with one attached hydrogen (secondary N) is 3. The topological polar surface area (TPSA) is 79.5 Å². The van der Waals surface area contributed by atoms with Crippen LogP contribution in [-0.4, -0.2) is 24.0 Å². The number of thiocarbonyl (C=S) groups is 1. The normalized spacial score (nSPS) is 10.2. The lowest BCUT2D eigenvalue weighted by Gasteiger charge is -2.14. The molecule has 0 fully saturated rings. The van der Waals surface area contributed by atoms with E-state index < -0.39 is 0 Å². The predicted octanol–water partition coefficient (Wildman–Crippen LogP) is 5.04. The molecule has 0 saturated heterocycles. The summed E-state index contributed by atoms with van der Waals surface area (Å²) in [5.74, 6) is -0.249. The molecule has 2 amide bonds. The molecule has 0 saturated carbocycles. The van der Waals surface area contributed by atoms with Crippen LogP contribution < -0.4 is 20.7 Å². The predicted molar refractivity (Wildman–Crippen MR) is 127 cm³/mol. The Kier molecular flexibility index (Phi) is 7.23. The summed E-state index contributed by atoms with van der Waals surface area (Å²) in [7, 11) is 1.49. The quantitative estimate of drug-likeness (QED) is 0.472. The lowest BCUT2D eigenvalue weighted by molar-refractivity contribution is 0.0976. The van der Waals surface area contributed by atoms with Gasteiger partial charge in [-0.25, -0.2) is 0 Å². The van der Waals surface area contributed by atoms with Crippen LogP contribution in [0.5, 0.6) is 5.75 Å². The van der Waals surface area contributed by atoms with Crippen molar-refractivity contribution >= 4 is 52.1 Å². The van der Waals surface area contributed by atoms with E-state index in [1.165, 1.54) is 7.11 Å². The maximum absolute atomic E-state index is 12.5. The molecule has 0 atom stereocenters. The highest BCUT2D eigenvalue weighted by molar-refractivity contribution is 7.80. The second-order valence-electron chi connectivity index (χ2n) is 6.63. The van der Waals surface area contributed by atoms with Crippen molar-refractivity contribution in [2.24, 2.45) is 0 Å². The fraction of sp³-hybridized carbons (Fsp3) is 0.0870. The number of rotatable bonds is 5. The summed E-state index contributed by atoms with van der Waals surface area (Å²) in [6, 6.07) is 19.0. The summed E-state index contributed by atoms with van der Waals surface area (Å²) in [5, 5.41) is 8.85. The Balaban J connectivity index is 1.68. The zero-order valence-electron chi connectivity index (χ0n) is 16.9. The van der Waals surface area contributed by atoms with E-state index in [9.17, 15) is 9.59 Å². The van der Waals surface area contributed by atoms with E-state index in [4.69, 9.17) is 28.6 Å². The number of aryl methyl sites for hydroxylation is 1. The van der Waals surface area contributed by atoms with Crippen molar-refractivity contribution in [1.29, 1.82) is 0 Å². The first-order valence-electron chi connectivity index (χ1n) is 9.30. The summed E-state index contributed by atoms with van der Waals surface area (Å²) >= 11 is 11.3. The molecule has 0 aromatic heterocycles. The molecular weight excluding hydrogens is 434 g/mol. The number of anilines is 2. The van der Waals surface area contributed by atoms with E-state index in [0.29, 0.717) is 33.3 Å². The van der Waals surface area contributed by atoms with Gasteiger partial charge in [-0.1, -0.05) is 41.4 Å². The van der Waals surface area contributed by atoms with Crippen LogP contribution in [0.1, 0.15) is 26.3 Å². The van der Waals surface area contributed by atoms with Gasteiger partial charge in [-0.2, -0.15) is 0 Å². The van der Waals surface area contributed by atoms with E-state index in [0.717, 1.165) is 5.56 Å². The SMILES string of the molecule is COc1cc(NC(=S)NC(=O)c2cccc(C)c2)ccc1NC(=O)c1ccccc1Cl. The number of hydrogen-bond acceptors (Lipinski definition) is 4. The standard InChI is InChI=1S/C23H20ClN3O3S/c1-14-6-5-7-15(12-14)21(28)27-23(31)25-16-10-11-19(20(13-16)30-2)26-22(29)17-8-3-4-9-18(17)24/h3-13H,1-2H3,(H,26,29)(H2,25,27,28,31). The van der Waals surface area contributed by atoms with Gasteiger partial charge in [0.1, 0.15) is 5.75 Å². The van der Waals surface area contributed by atoms with Gasteiger partial charge in [0.15, 0.2) is 5.11 Å². The van der Waals surface area contributed by atoms with E-state index in [-0.39, 0.29) is 16.9 Å². The molecule has 8 heteroatoms. The third kappa shape index (κ3) is 5.81. The van der Waals surface area contributed by atoms with Gasteiger partial charge >= 0.3 is 0 Å². The smallest absolute Gasteiger partial charge is 0.257 e. The van der Waals surface area contributed by atoms with Crippen molar-refractivity contribution in [3.8, 4) is 5.75 Å². The number of methoxy groups -OCH3 is 1. The van der Waals surface area contributed by atoms with Gasteiger partial charge in [-0.05, 0) is 55.5 Å². The third-order valence-corrected chi connectivity index (χ3v) is 4.87. The highest BCUT2D eigenvalue weighted by Gasteiger charge is 2.14. The number of benzene rings is 3. The molecule has 0 aliphatic carbocycles. The maximum atomic E-state index is 12.5. The summed E-state index contributed by atoms with van der Waals surface area (Å²) < 4.78 is 5.38. The van der Waals surface area contributed by atoms with E-state index in [1.54, 1.807) is 60.7 Å². The largest absolute Gasteiger partial charge is 0.494 e. The molecule has 3 N–H and O–H groups in total. The van der Waals surface area contributed by atoms with E-state index >= 15 is 0 Å². The molecule has 3 aromatic carbocycles. The maximum Gasteiger partial charge on any atom is 0.257 e. The van der Waals surface area contributed by atoms with Gasteiger partial charge in [0.05, 0.1) is 23.4 Å². The van der Waals surface area contributed by atoms with E-state index in [1.807, 2.05) is 13.0 Å². The number of carbonyl (C=O) groups excluding carboxylic acids is 2. The highest BCUT2D eigenvalue weighted by atomic mass is 35.5. The number of ether oxygens (including phenoxy) is 1. The van der Waals surface area contributed by atoms with Crippen LogP contribution >= 0.6 is 23.8 Å². The third-order valence-electron chi connectivity index (χ3n) is 4.33. The Morgan fingerprint density at radius 3 is 2.42 bits per heavy atom. The zero-order chi connectivity index (χ0) is 22.4. The molecule has 0 aliphatic heterocycles. The molecule has 6 nitrogen and oxygen atoms in total. The summed E-state index contributed by atoms with van der Waals surface area (Å²) in [6.45, 7) is 1.91. The fourth-order valence-electron chi connectivity index (χ4n) is 2.83. The highest BCUT2D eigenvalue weighted by Crippen LogP contribution is 2.29. The Hall–Kier alpha value is -3.42. The minimum Gasteiger partial charge on any atom is -0.494 e. The Morgan fingerprint density at radius 1 is 0.935 bits per heavy atom. The van der Waals surface area contributed by atoms with Crippen LogP contribution in [0.25, 0.3) is 0 Å². The first-order chi connectivity index (χ1) is 14.9. The van der Waals surface area contributed by atoms with Crippen molar-refractivity contribution in [2.75, 3.05) is 17.7 Å². The molecule has 0 bridgehead atoms. The monoisotopic (exact) mass is 453 g/mol. The Morgan fingerprint density at radius 2 is 1.71 bits per heavy atom. The van der Waals surface area contributed by atoms with E-state index in [2.05, 4.69) is 16.0 Å². The van der Waals surface area contributed by atoms with Gasteiger partial charge in [-0.3, -0.25) is 14.9 Å². The molecule has 0 aliphatic rings. The van der Waals surface area contributed by atoms with Gasteiger partial charge in [0, 0.05) is 17.3 Å². The van der Waals surface area contributed by atoms with Crippen molar-refractivity contribution < 1.29 is 14.3 Å². The zero-order valence-corrected chi connectivity index (χ0v) is 18.4. The second kappa shape index (κ2) is 10.1. The van der Waals surface area contributed by atoms with Crippen molar-refractivity contribution in [3.63, 3.8) is 0 Å². The molecule has 0 radical (unpaired) electrons.